The average molecular weight is 1450 g/mol. The van der Waals surface area contributed by atoms with Gasteiger partial charge in [-0.2, -0.15) is 24.9 Å². The van der Waals surface area contributed by atoms with E-state index in [1.54, 1.807) is 0 Å². The minimum Gasteiger partial charge on any atom is -0.390 e. The largest absolute Gasteiger partial charge is 0.694 e. The van der Waals surface area contributed by atoms with E-state index >= 15 is 0 Å². The summed E-state index contributed by atoms with van der Waals surface area (Å²) in [7, 11) is -24.9. The molecule has 10 rings (SSSR count). The van der Waals surface area contributed by atoms with Crippen LogP contribution in [-0.4, -0.2) is 171 Å². The molecule has 0 radical (unpaired) electrons. The van der Waals surface area contributed by atoms with E-state index in [0.717, 1.165) is 41.4 Å². The highest BCUT2D eigenvalue weighted by atomic mass is 31.2. The van der Waals surface area contributed by atoms with E-state index in [1.807, 2.05) is 0 Å². The number of ether oxygens (including phenoxy) is 5. The Bertz CT molecular complexity index is 4150. The van der Waals surface area contributed by atoms with E-state index in [2.05, 4.69) is 24.9 Å². The van der Waals surface area contributed by atoms with Crippen LogP contribution in [0.15, 0.2) is 85.3 Å². The molecule has 0 spiro atoms. The molecule has 10 heterocycles. The van der Waals surface area contributed by atoms with Gasteiger partial charge in [0.15, 0.2) is 0 Å². The molecule has 50 heteroatoms. The molecular formula is C45H61N15O30P5+. The van der Waals surface area contributed by atoms with Crippen LogP contribution in [0, 0.1) is 0 Å². The van der Waals surface area contributed by atoms with E-state index < -0.39 is 212 Å². The van der Waals surface area contributed by atoms with Crippen LogP contribution in [0.2, 0.25) is 0 Å². The Balaban J connectivity index is 0.819. The molecule has 5 fully saturated rings. The van der Waals surface area contributed by atoms with Gasteiger partial charge in [0, 0.05) is 67.7 Å². The number of nitrogens with zero attached hydrogens (tertiary/aromatic N) is 10. The zero-order valence-corrected chi connectivity index (χ0v) is 53.1. The first kappa shape index (κ1) is 71.4. The second-order valence-corrected chi connectivity index (χ2v) is 27.6. The maximum atomic E-state index is 14.0. The normalized spacial score (nSPS) is 30.4. The number of aromatic nitrogens is 10. The van der Waals surface area contributed by atoms with Crippen LogP contribution in [0.25, 0.3) is 0 Å². The molecular weight excluding hydrogens is 1390 g/mol. The van der Waals surface area contributed by atoms with Gasteiger partial charge in [-0.25, -0.2) is 42.2 Å². The number of hydrogen-bond acceptors (Lipinski definition) is 35. The summed E-state index contributed by atoms with van der Waals surface area (Å²) in [5.41, 5.74) is 23.5. The number of phosphoric ester groups is 4. The summed E-state index contributed by atoms with van der Waals surface area (Å²) < 4.78 is 148. The van der Waals surface area contributed by atoms with Crippen molar-refractivity contribution in [3.8, 4) is 0 Å². The van der Waals surface area contributed by atoms with Gasteiger partial charge in [0.2, 0.25) is 0 Å². The number of phosphoric acid groups is 4. The van der Waals surface area contributed by atoms with Crippen LogP contribution in [0.5, 0.6) is 0 Å². The van der Waals surface area contributed by atoms with Crippen molar-refractivity contribution in [1.29, 1.82) is 0 Å². The van der Waals surface area contributed by atoms with Crippen LogP contribution < -0.4 is 57.1 Å². The number of nitrogen functional groups attached to an aromatic ring is 5. The predicted octanol–water partition coefficient (Wildman–Crippen LogP) is -2.34. The van der Waals surface area contributed by atoms with Gasteiger partial charge in [-0.15, -0.1) is 9.42 Å². The minimum atomic E-state index is -5.52. The van der Waals surface area contributed by atoms with E-state index in [1.165, 1.54) is 42.7 Å². The van der Waals surface area contributed by atoms with Crippen LogP contribution in [0.1, 0.15) is 63.2 Å². The SMILES string of the molecule is Nc1ccn([C@H]2C[C@H](OP(=O)(O)OC[C@H]3O[C@@H](n4ccc(N)nc4=O)C[C@@H]3OP(=O)(O)OC[C@H]3O[C@@H](n4ccc(N)nc4=O)C[C@@H]3OP(=O)(O)OC[C@H]3O[C@@H](n4ccc(N)nc4=O)C[C@@H]3OP(=O)(O)OC[C@H]3O[C@@H](n4ccc(N)nc4=O)C[C@@H]3O)[C@@H](CO[P+](=O)O)O2)c(=O)n1. The summed E-state index contributed by atoms with van der Waals surface area (Å²) in [5.74, 6) is -0.851. The number of anilines is 5. The van der Waals surface area contributed by atoms with Crippen LogP contribution in [0.4, 0.5) is 29.1 Å². The Morgan fingerprint density at radius 2 is 0.632 bits per heavy atom. The number of hydrogen-bond donors (Lipinski definition) is 11. The summed E-state index contributed by atoms with van der Waals surface area (Å²) in [6.45, 7) is -4.68. The van der Waals surface area contributed by atoms with Gasteiger partial charge in [0.25, 0.3) is 0 Å². The van der Waals surface area contributed by atoms with Crippen molar-refractivity contribution in [3.63, 3.8) is 0 Å². The average Bonchev–Trinajstić information content (AvgIpc) is 1.72. The minimum absolute atomic E-state index is 0.0859. The smallest absolute Gasteiger partial charge is 0.390 e. The molecule has 45 nitrogen and oxygen atoms in total. The third kappa shape index (κ3) is 18.2. The number of nitrogens with two attached hydrogens (primary N) is 5. The monoisotopic (exact) mass is 1450 g/mol. The first-order chi connectivity index (χ1) is 44.7. The van der Waals surface area contributed by atoms with Crippen molar-refractivity contribution in [2.45, 2.75) is 124 Å². The molecule has 0 bridgehead atoms. The molecule has 0 aliphatic carbocycles. The van der Waals surface area contributed by atoms with Crippen molar-refractivity contribution in [3.05, 3.63) is 114 Å². The number of aliphatic hydroxyl groups excluding tert-OH is 1. The molecule has 0 amide bonds. The second-order valence-electron chi connectivity index (χ2n) is 21.3. The molecule has 5 unspecified atom stereocenters. The highest BCUT2D eigenvalue weighted by Gasteiger charge is 2.50. The van der Waals surface area contributed by atoms with Crippen LogP contribution >= 0.6 is 39.5 Å². The topological polar surface area (TPSA) is 641 Å². The summed E-state index contributed by atoms with van der Waals surface area (Å²) in [5, 5.41) is 10.7. The van der Waals surface area contributed by atoms with Gasteiger partial charge in [-0.1, -0.05) is 0 Å². The predicted molar refractivity (Wildman–Crippen MR) is 312 cm³/mol. The highest BCUT2D eigenvalue weighted by Crippen LogP contribution is 2.55. The van der Waals surface area contributed by atoms with E-state index in [4.69, 9.17) is 93.1 Å². The molecule has 5 aromatic rings. The van der Waals surface area contributed by atoms with Crippen molar-refractivity contribution in [2.75, 3.05) is 61.7 Å². The molecule has 20 atom stereocenters. The maximum absolute atomic E-state index is 14.0. The fraction of sp³-hybridized carbons (Fsp3) is 0.556. The zero-order chi connectivity index (χ0) is 68.5. The molecule has 16 N–H and O–H groups in total. The van der Waals surface area contributed by atoms with Crippen molar-refractivity contribution < 1.29 is 117 Å². The lowest BCUT2D eigenvalue weighted by atomic mass is 10.2. The van der Waals surface area contributed by atoms with Crippen LogP contribution in [-0.2, 0) is 87.2 Å². The van der Waals surface area contributed by atoms with Crippen molar-refractivity contribution >= 4 is 68.6 Å². The summed E-state index contributed by atoms with van der Waals surface area (Å²) in [4.78, 5) is 136. The third-order valence-corrected chi connectivity index (χ3v) is 19.2. The van der Waals surface area contributed by atoms with E-state index in [-0.39, 0.29) is 41.9 Å². The zero-order valence-electron chi connectivity index (χ0n) is 48.6. The first-order valence-corrected chi connectivity index (χ1v) is 35.0. The van der Waals surface area contributed by atoms with E-state index in [0.29, 0.717) is 0 Å². The standard InChI is InChI=1S/C45H60N15O30P5/c46-31-1-6-56(41(62)51-31)36-11-21(61)26(82-36)17-78-92(69,70)88-23-13-38(58-8-3-33(48)53-43(58)64)84-28(23)19-80-94(73,74)90-25-15-40(60-10-5-35(50)55-45(60)66)86-30(25)20-81-95(75,76)89-24-14-39(59-9-4-34(49)54-44(59)65)85-29(24)18-79-93(71,72)87-22-12-37(83-27(22)16-77-91(67)68)57-7-2-32(47)52-42(57)63/h1-10,21-30,36-40,61H,11-20H2,(H14-,46,47,48,49,50,51,52,53,54,55,62,63,64,65,66,67,68,69,70,71,72,73,74,75,76)/p+1/t21-,22-,23-,24-,25-,26+,27+,28+,29+,30+,36+,37+,38+,39+,40+/m0/s1. The van der Waals surface area contributed by atoms with Crippen molar-refractivity contribution in [1.82, 2.24) is 47.8 Å². The first-order valence-electron chi connectivity index (χ1n) is 27.9. The lowest BCUT2D eigenvalue weighted by Crippen LogP contribution is -2.32. The molecule has 5 aromatic heterocycles. The Morgan fingerprint density at radius 3 is 0.874 bits per heavy atom. The fourth-order valence-corrected chi connectivity index (χ4v) is 14.5. The quantitative estimate of drug-likeness (QED) is 0.0234. The molecule has 520 valence electrons. The Hall–Kier alpha value is -6.38. The Morgan fingerprint density at radius 1 is 0.411 bits per heavy atom. The van der Waals surface area contributed by atoms with Gasteiger partial charge in [-0.3, -0.25) is 59.0 Å². The second kappa shape index (κ2) is 29.4. The van der Waals surface area contributed by atoms with Crippen LogP contribution in [0.3, 0.4) is 0 Å². The summed E-state index contributed by atoms with van der Waals surface area (Å²) in [6.07, 6.45) is -18.5. The molecule has 95 heavy (non-hydrogen) atoms. The lowest BCUT2D eigenvalue weighted by Gasteiger charge is -2.25. The van der Waals surface area contributed by atoms with Gasteiger partial charge < -0.3 is 77.0 Å². The van der Waals surface area contributed by atoms with Gasteiger partial charge in [-0.05, 0) is 30.3 Å². The number of aliphatic hydroxyl groups is 1. The van der Waals surface area contributed by atoms with Gasteiger partial charge >= 0.3 is 68.0 Å². The lowest BCUT2D eigenvalue weighted by molar-refractivity contribution is -0.0648. The van der Waals surface area contributed by atoms with E-state index in [9.17, 15) is 76.4 Å². The molecule has 5 saturated heterocycles. The third-order valence-electron chi connectivity index (χ3n) is 14.8. The molecule has 5 aliphatic rings. The van der Waals surface area contributed by atoms with Gasteiger partial charge in [0.05, 0.1) is 32.5 Å². The Kier molecular flexibility index (Phi) is 22.1. The summed E-state index contributed by atoms with van der Waals surface area (Å²) in [6, 6.07) is 6.15. The van der Waals surface area contributed by atoms with Crippen molar-refractivity contribution in [2.24, 2.45) is 0 Å². The fourth-order valence-electron chi connectivity index (χ4n) is 10.4. The summed E-state index contributed by atoms with van der Waals surface area (Å²) >= 11 is 0. The number of rotatable bonds is 28. The molecule has 0 aromatic carbocycles. The van der Waals surface area contributed by atoms with Gasteiger partial charge in [0.1, 0.15) is 122 Å². The Labute approximate surface area is 531 Å². The maximum Gasteiger partial charge on any atom is 0.694 e. The molecule has 5 aliphatic heterocycles. The highest BCUT2D eigenvalue weighted by molar-refractivity contribution is 7.48. The molecule has 0 saturated carbocycles.